The Bertz CT molecular complexity index is 1900. The number of fused-ring (bicyclic) bond motifs is 2. The van der Waals surface area contributed by atoms with E-state index in [4.69, 9.17) is 9.47 Å². The van der Waals surface area contributed by atoms with Crippen LogP contribution >= 0.6 is 0 Å². The number of benzene rings is 2. The van der Waals surface area contributed by atoms with E-state index >= 15 is 4.39 Å². The molecule has 1 atom stereocenters. The number of aromatic nitrogens is 3. The van der Waals surface area contributed by atoms with Crippen LogP contribution in [0.5, 0.6) is 11.5 Å². The minimum atomic E-state index is -0.649. The molecule has 46 heavy (non-hydrogen) atoms. The van der Waals surface area contributed by atoms with Gasteiger partial charge in [-0.3, -0.25) is 9.59 Å². The third-order valence-corrected chi connectivity index (χ3v) is 8.37. The van der Waals surface area contributed by atoms with Gasteiger partial charge in [-0.15, -0.1) is 0 Å². The topological polar surface area (TPSA) is 122 Å². The summed E-state index contributed by atoms with van der Waals surface area (Å²) in [6.07, 6.45) is 4.92. The summed E-state index contributed by atoms with van der Waals surface area (Å²) in [6, 6.07) is 9.90. The molecule has 0 bridgehead atoms. The summed E-state index contributed by atoms with van der Waals surface area (Å²) in [7, 11) is 0. The average Bonchev–Trinajstić information content (AvgIpc) is 3.48. The molecule has 2 amide bonds. The predicted octanol–water partition coefficient (Wildman–Crippen LogP) is 4.09. The zero-order valence-electron chi connectivity index (χ0n) is 25.8. The number of hydrogen-bond acceptors (Lipinski definition) is 9. The number of nitrogens with zero attached hydrogens (tertiary/aromatic N) is 6. The first-order chi connectivity index (χ1) is 22.1. The van der Waals surface area contributed by atoms with E-state index in [-0.39, 0.29) is 28.4 Å². The molecule has 2 fully saturated rings. The summed E-state index contributed by atoms with van der Waals surface area (Å²) in [4.78, 5) is 54.2. The molecule has 1 unspecified atom stereocenters. The van der Waals surface area contributed by atoms with Crippen molar-refractivity contribution in [1.82, 2.24) is 24.8 Å². The lowest BCUT2D eigenvalue weighted by atomic mass is 10.0. The summed E-state index contributed by atoms with van der Waals surface area (Å²) in [5, 5.41) is 2.92. The molecule has 4 aromatic rings. The highest BCUT2D eigenvalue weighted by Crippen LogP contribution is 2.47. The Morgan fingerprint density at radius 3 is 2.50 bits per heavy atom. The van der Waals surface area contributed by atoms with Crippen molar-refractivity contribution >= 4 is 34.5 Å². The zero-order chi connectivity index (χ0) is 32.2. The van der Waals surface area contributed by atoms with Crippen molar-refractivity contribution < 1.29 is 23.5 Å². The van der Waals surface area contributed by atoms with E-state index in [0.29, 0.717) is 68.6 Å². The lowest BCUT2D eigenvalue weighted by molar-refractivity contribution is 0.0508. The number of carbonyl (C=O) groups is 2. The van der Waals surface area contributed by atoms with Gasteiger partial charge in [0.2, 0.25) is 11.4 Å². The quantitative estimate of drug-likeness (QED) is 0.314. The molecule has 5 heterocycles. The standard InChI is InChI=1S/C33H34FN7O5/c1-33(2,3)46-32(44)37-20-9-12-40(18-20)27-23(34)17-21-26-29(27)45-25-8-5-4-7-24(25)41(26)19-22(28(21)42)30(43)38-13-15-39(16-14-38)31-35-10-6-11-36-31/h4-8,10-11,17,19-20H,9,12-16,18H2,1-3H3,(H,37,44). The van der Waals surface area contributed by atoms with E-state index in [9.17, 15) is 14.4 Å². The van der Waals surface area contributed by atoms with E-state index in [1.807, 2.05) is 21.9 Å². The van der Waals surface area contributed by atoms with Gasteiger partial charge in [0.15, 0.2) is 17.3 Å². The number of carbonyl (C=O) groups excluding carboxylic acids is 2. The molecule has 2 aromatic carbocycles. The van der Waals surface area contributed by atoms with Crippen molar-refractivity contribution in [3.05, 3.63) is 76.6 Å². The third-order valence-electron chi connectivity index (χ3n) is 8.37. The number of piperazine rings is 1. The Labute approximate surface area is 264 Å². The van der Waals surface area contributed by atoms with Gasteiger partial charge in [0.25, 0.3) is 5.91 Å². The van der Waals surface area contributed by atoms with Crippen molar-refractivity contribution in [2.24, 2.45) is 0 Å². The fourth-order valence-electron chi connectivity index (χ4n) is 6.29. The average molecular weight is 628 g/mol. The van der Waals surface area contributed by atoms with Crippen LogP contribution in [0.3, 0.4) is 0 Å². The van der Waals surface area contributed by atoms with Gasteiger partial charge < -0.3 is 34.1 Å². The number of para-hydroxylation sites is 2. The maximum absolute atomic E-state index is 16.1. The lowest BCUT2D eigenvalue weighted by Gasteiger charge is -2.35. The number of hydrogen-bond donors (Lipinski definition) is 1. The van der Waals surface area contributed by atoms with Gasteiger partial charge in [-0.05, 0) is 51.5 Å². The molecule has 0 saturated carbocycles. The molecule has 2 saturated heterocycles. The number of ether oxygens (including phenoxy) is 2. The van der Waals surface area contributed by atoms with Crippen LogP contribution in [0.2, 0.25) is 0 Å². The minimum absolute atomic E-state index is 0.0467. The van der Waals surface area contributed by atoms with Crippen molar-refractivity contribution in [2.45, 2.75) is 38.8 Å². The smallest absolute Gasteiger partial charge is 0.407 e. The summed E-state index contributed by atoms with van der Waals surface area (Å²) in [5.74, 6) is 0.174. The van der Waals surface area contributed by atoms with Crippen LogP contribution in [-0.2, 0) is 4.74 Å². The first-order valence-electron chi connectivity index (χ1n) is 15.3. The van der Waals surface area contributed by atoms with Crippen LogP contribution in [0.1, 0.15) is 37.6 Å². The van der Waals surface area contributed by atoms with Crippen molar-refractivity contribution in [2.75, 3.05) is 49.1 Å². The maximum Gasteiger partial charge on any atom is 0.407 e. The van der Waals surface area contributed by atoms with Crippen molar-refractivity contribution in [3.63, 3.8) is 0 Å². The zero-order valence-corrected chi connectivity index (χ0v) is 25.8. The minimum Gasteiger partial charge on any atom is -0.451 e. The van der Waals surface area contributed by atoms with E-state index < -0.39 is 28.8 Å². The molecule has 0 spiro atoms. The Morgan fingerprint density at radius 1 is 1.02 bits per heavy atom. The molecule has 0 radical (unpaired) electrons. The Hall–Kier alpha value is -5.20. The molecule has 12 nitrogen and oxygen atoms in total. The van der Waals surface area contributed by atoms with Crippen LogP contribution in [0, 0.1) is 5.82 Å². The number of nitrogens with one attached hydrogen (secondary N) is 1. The molecule has 13 heteroatoms. The van der Waals surface area contributed by atoms with E-state index in [2.05, 4.69) is 15.3 Å². The van der Waals surface area contributed by atoms with Crippen molar-refractivity contribution in [1.29, 1.82) is 0 Å². The molecular formula is C33H34FN7O5. The summed E-state index contributed by atoms with van der Waals surface area (Å²) >= 11 is 0. The van der Waals surface area contributed by atoms with Gasteiger partial charge >= 0.3 is 6.09 Å². The van der Waals surface area contributed by atoms with Gasteiger partial charge in [-0.2, -0.15) is 0 Å². The first kappa shape index (κ1) is 29.5. The molecule has 238 valence electrons. The molecule has 2 aromatic heterocycles. The molecule has 1 N–H and O–H groups in total. The molecular weight excluding hydrogens is 593 g/mol. The summed E-state index contributed by atoms with van der Waals surface area (Å²) in [5.41, 5.74) is -0.0509. The van der Waals surface area contributed by atoms with E-state index in [0.717, 1.165) is 0 Å². The van der Waals surface area contributed by atoms with Gasteiger partial charge in [0.1, 0.15) is 22.4 Å². The Morgan fingerprint density at radius 2 is 1.76 bits per heavy atom. The normalized spacial score (nSPS) is 17.5. The molecule has 3 aliphatic heterocycles. The molecule has 0 aliphatic carbocycles. The monoisotopic (exact) mass is 627 g/mol. The molecule has 7 rings (SSSR count). The number of alkyl carbamates (subject to hydrolysis) is 1. The fourth-order valence-corrected chi connectivity index (χ4v) is 6.29. The number of anilines is 2. The second kappa shape index (κ2) is 11.3. The van der Waals surface area contributed by atoms with Crippen LogP contribution in [0.25, 0.3) is 16.6 Å². The van der Waals surface area contributed by atoms with Crippen LogP contribution in [0.4, 0.5) is 20.8 Å². The summed E-state index contributed by atoms with van der Waals surface area (Å²) < 4.78 is 29.6. The Balaban J connectivity index is 1.23. The number of halogens is 1. The van der Waals surface area contributed by atoms with E-state index in [1.54, 1.807) is 67.0 Å². The van der Waals surface area contributed by atoms with Gasteiger partial charge in [0, 0.05) is 57.9 Å². The maximum atomic E-state index is 16.1. The number of pyridine rings is 1. The van der Waals surface area contributed by atoms with Crippen LogP contribution in [-0.4, -0.2) is 82.3 Å². The highest BCUT2D eigenvalue weighted by molar-refractivity contribution is 6.01. The Kier molecular flexibility index (Phi) is 7.25. The fraction of sp³-hybridized carbons (Fsp3) is 0.364. The van der Waals surface area contributed by atoms with Gasteiger partial charge in [-0.1, -0.05) is 12.1 Å². The van der Waals surface area contributed by atoms with Crippen LogP contribution < -0.4 is 25.3 Å². The molecule has 3 aliphatic rings. The van der Waals surface area contributed by atoms with E-state index in [1.165, 1.54) is 6.07 Å². The lowest BCUT2D eigenvalue weighted by Crippen LogP contribution is -2.50. The van der Waals surface area contributed by atoms with Gasteiger partial charge in [-0.25, -0.2) is 19.2 Å². The number of rotatable bonds is 4. The largest absolute Gasteiger partial charge is 0.451 e. The van der Waals surface area contributed by atoms with Crippen molar-refractivity contribution in [3.8, 4) is 17.2 Å². The second-order valence-electron chi connectivity index (χ2n) is 12.6. The number of amides is 2. The van der Waals surface area contributed by atoms with Gasteiger partial charge in [0.05, 0.1) is 17.1 Å². The SMILES string of the molecule is CC(C)(C)OC(=O)NC1CCN(c2c(F)cc3c(=O)c(C(=O)N4CCN(c5ncccn5)CC4)cn4c3c2Oc2ccccc2-4)C1. The third kappa shape index (κ3) is 5.35. The van der Waals surface area contributed by atoms with Crippen LogP contribution in [0.15, 0.2) is 59.8 Å². The second-order valence-corrected chi connectivity index (χ2v) is 12.6. The highest BCUT2D eigenvalue weighted by Gasteiger charge is 2.35. The highest BCUT2D eigenvalue weighted by atomic mass is 19.1. The summed E-state index contributed by atoms with van der Waals surface area (Å²) in [6.45, 7) is 7.90. The first-order valence-corrected chi connectivity index (χ1v) is 15.3. The predicted molar refractivity (Wildman–Crippen MR) is 170 cm³/mol.